The van der Waals surface area contributed by atoms with Crippen molar-refractivity contribution in [1.29, 1.82) is 0 Å². The predicted molar refractivity (Wildman–Crippen MR) is 58.7 cm³/mol. The van der Waals surface area contributed by atoms with Crippen LogP contribution in [0.15, 0.2) is 28.8 Å². The third kappa shape index (κ3) is 1.51. The fraction of sp³-hybridized carbons (Fsp3) is 0.0909. The maximum Gasteiger partial charge on any atom is 0.204 e. The molecule has 3 nitrogen and oxygen atoms in total. The van der Waals surface area contributed by atoms with Gasteiger partial charge in [-0.3, -0.25) is 9.59 Å². The van der Waals surface area contributed by atoms with Gasteiger partial charge in [0.15, 0.2) is 5.78 Å². The number of carbonyl (C=O) groups is 2. The third-order valence-corrected chi connectivity index (χ3v) is 2.80. The number of fused-ring (bicyclic) bond motifs is 1. The van der Waals surface area contributed by atoms with Crippen LogP contribution in [-0.4, -0.2) is 18.7 Å². The third-order valence-electron chi connectivity index (χ3n) is 2.21. The highest BCUT2D eigenvalue weighted by molar-refractivity contribution is 9.12. The summed E-state index contributed by atoms with van der Waals surface area (Å²) in [5.41, 5.74) is 0.724. The van der Waals surface area contributed by atoms with E-state index in [0.717, 1.165) is 0 Å². The van der Waals surface area contributed by atoms with Crippen LogP contribution in [0.2, 0.25) is 0 Å². The average Bonchev–Trinajstić information content (AvgIpc) is 2.25. The number of methoxy groups -OCH3 is 1. The first-order valence-corrected chi connectivity index (χ1v) is 5.07. The maximum atomic E-state index is 11.8. The summed E-state index contributed by atoms with van der Waals surface area (Å²) >= 11 is 3.06. The molecule has 0 amide bonds. The smallest absolute Gasteiger partial charge is 0.204 e. The summed E-state index contributed by atoms with van der Waals surface area (Å²) < 4.78 is 5.33. The van der Waals surface area contributed by atoms with Crippen molar-refractivity contribution < 1.29 is 14.3 Å². The van der Waals surface area contributed by atoms with E-state index in [4.69, 9.17) is 4.74 Å². The van der Waals surface area contributed by atoms with Crippen LogP contribution in [0.25, 0.3) is 0 Å². The van der Waals surface area contributed by atoms with Crippen LogP contribution in [0.1, 0.15) is 20.7 Å². The molecule has 0 atom stereocenters. The zero-order valence-corrected chi connectivity index (χ0v) is 9.50. The van der Waals surface area contributed by atoms with Crippen LogP contribution in [-0.2, 0) is 0 Å². The van der Waals surface area contributed by atoms with E-state index in [-0.39, 0.29) is 16.0 Å². The van der Waals surface area contributed by atoms with Gasteiger partial charge in [-0.2, -0.15) is 0 Å². The molecule has 1 aliphatic carbocycles. The Bertz CT molecular complexity index is 489. The van der Waals surface area contributed by atoms with Gasteiger partial charge in [-0.1, -0.05) is 12.1 Å². The Kier molecular flexibility index (Phi) is 2.44. The number of Topliss-reactive ketones (excluding diaryl/α,β-unsaturated/α-hetero) is 1. The van der Waals surface area contributed by atoms with E-state index in [0.29, 0.717) is 16.9 Å². The number of ketones is 2. The summed E-state index contributed by atoms with van der Waals surface area (Å²) in [6.45, 7) is 0. The summed E-state index contributed by atoms with van der Waals surface area (Å²) in [6.07, 6.45) is 1.28. The predicted octanol–water partition coefficient (Wildman–Crippen LogP) is 2.35. The van der Waals surface area contributed by atoms with Crippen molar-refractivity contribution in [3.8, 4) is 5.75 Å². The van der Waals surface area contributed by atoms with E-state index in [9.17, 15) is 9.59 Å². The minimum atomic E-state index is -0.220. The quantitative estimate of drug-likeness (QED) is 0.784. The topological polar surface area (TPSA) is 43.4 Å². The monoisotopic (exact) mass is 266 g/mol. The van der Waals surface area contributed by atoms with E-state index in [1.54, 1.807) is 18.2 Å². The van der Waals surface area contributed by atoms with Gasteiger partial charge >= 0.3 is 0 Å². The number of ether oxygens (including phenoxy) is 1. The van der Waals surface area contributed by atoms with Gasteiger partial charge in [0.2, 0.25) is 5.78 Å². The van der Waals surface area contributed by atoms with Gasteiger partial charge in [-0.25, -0.2) is 0 Å². The summed E-state index contributed by atoms with van der Waals surface area (Å²) in [6, 6.07) is 4.97. The molecule has 0 radical (unpaired) electrons. The first kappa shape index (κ1) is 10.1. The van der Waals surface area contributed by atoms with Crippen LogP contribution < -0.4 is 4.74 Å². The number of carbonyl (C=O) groups excluding carboxylic acids is 2. The molecule has 0 N–H and O–H groups in total. The molecule has 0 aromatic heterocycles. The fourth-order valence-corrected chi connectivity index (χ4v) is 1.92. The zero-order chi connectivity index (χ0) is 11.0. The van der Waals surface area contributed by atoms with Gasteiger partial charge in [0.1, 0.15) is 5.75 Å². The van der Waals surface area contributed by atoms with Gasteiger partial charge in [-0.05, 0) is 22.0 Å². The van der Waals surface area contributed by atoms with Crippen molar-refractivity contribution in [1.82, 2.24) is 0 Å². The first-order chi connectivity index (χ1) is 7.15. The van der Waals surface area contributed by atoms with E-state index < -0.39 is 0 Å². The van der Waals surface area contributed by atoms with E-state index in [2.05, 4.69) is 15.9 Å². The molecule has 1 aromatic rings. The maximum absolute atomic E-state index is 11.8. The van der Waals surface area contributed by atoms with Crippen LogP contribution in [0.4, 0.5) is 0 Å². The minimum Gasteiger partial charge on any atom is -0.496 e. The van der Waals surface area contributed by atoms with Gasteiger partial charge in [0.05, 0.1) is 17.2 Å². The molecule has 1 aromatic carbocycles. The first-order valence-electron chi connectivity index (χ1n) is 4.28. The highest BCUT2D eigenvalue weighted by Crippen LogP contribution is 2.31. The largest absolute Gasteiger partial charge is 0.496 e. The highest BCUT2D eigenvalue weighted by atomic mass is 79.9. The average molecular weight is 267 g/mol. The second kappa shape index (κ2) is 3.62. The van der Waals surface area contributed by atoms with E-state index in [1.807, 2.05) is 0 Å². The number of benzene rings is 1. The SMILES string of the molecule is COc1cccc2c1C(=O)C(Br)=CC2=O. The molecule has 0 spiro atoms. The lowest BCUT2D eigenvalue weighted by Gasteiger charge is -2.14. The van der Waals surface area contributed by atoms with Crippen LogP contribution in [0.5, 0.6) is 5.75 Å². The van der Waals surface area contributed by atoms with Crippen molar-refractivity contribution in [3.63, 3.8) is 0 Å². The Hall–Kier alpha value is -1.42. The Morgan fingerprint density at radius 1 is 1.27 bits per heavy atom. The lowest BCUT2D eigenvalue weighted by atomic mass is 9.94. The molecular formula is C11H7BrO3. The summed E-state index contributed by atoms with van der Waals surface area (Å²) in [5.74, 6) is 0.0216. The molecule has 1 aliphatic rings. The zero-order valence-electron chi connectivity index (χ0n) is 7.91. The van der Waals surface area contributed by atoms with Crippen molar-refractivity contribution in [2.75, 3.05) is 7.11 Å². The van der Waals surface area contributed by atoms with Crippen molar-refractivity contribution in [3.05, 3.63) is 39.9 Å². The molecule has 15 heavy (non-hydrogen) atoms. The van der Waals surface area contributed by atoms with E-state index >= 15 is 0 Å². The van der Waals surface area contributed by atoms with Crippen LogP contribution in [0, 0.1) is 0 Å². The Morgan fingerprint density at radius 3 is 2.67 bits per heavy atom. The molecule has 76 valence electrons. The number of halogens is 1. The molecule has 0 heterocycles. The second-order valence-corrected chi connectivity index (χ2v) is 3.92. The van der Waals surface area contributed by atoms with E-state index in [1.165, 1.54) is 13.2 Å². The summed E-state index contributed by atoms with van der Waals surface area (Å²) in [7, 11) is 1.47. The summed E-state index contributed by atoms with van der Waals surface area (Å²) in [5, 5.41) is 0. The molecular weight excluding hydrogens is 260 g/mol. The standard InChI is InChI=1S/C11H7BrO3/c1-15-9-4-2-3-6-8(13)5-7(12)11(14)10(6)9/h2-5H,1H3. The Morgan fingerprint density at radius 2 is 2.00 bits per heavy atom. The number of hydrogen-bond donors (Lipinski definition) is 0. The molecule has 2 rings (SSSR count). The van der Waals surface area contributed by atoms with Gasteiger partial charge in [-0.15, -0.1) is 0 Å². The Labute approximate surface area is 94.9 Å². The van der Waals surface area contributed by atoms with Crippen LogP contribution in [0.3, 0.4) is 0 Å². The molecule has 0 bridgehead atoms. The second-order valence-electron chi connectivity index (χ2n) is 3.07. The molecule has 0 unspecified atom stereocenters. The van der Waals surface area contributed by atoms with Crippen molar-refractivity contribution >= 4 is 27.5 Å². The van der Waals surface area contributed by atoms with Gasteiger partial charge < -0.3 is 4.74 Å². The van der Waals surface area contributed by atoms with Crippen LogP contribution >= 0.6 is 15.9 Å². The van der Waals surface area contributed by atoms with Gasteiger partial charge in [0, 0.05) is 11.6 Å². The van der Waals surface area contributed by atoms with Crippen molar-refractivity contribution in [2.24, 2.45) is 0 Å². The molecule has 0 aliphatic heterocycles. The highest BCUT2D eigenvalue weighted by Gasteiger charge is 2.27. The molecule has 0 fully saturated rings. The lowest BCUT2D eigenvalue weighted by molar-refractivity contribution is 0.0989. The Balaban J connectivity index is 2.72. The van der Waals surface area contributed by atoms with Gasteiger partial charge in [0.25, 0.3) is 0 Å². The lowest BCUT2D eigenvalue weighted by Crippen LogP contribution is -2.15. The molecule has 0 saturated heterocycles. The molecule has 4 heteroatoms. The van der Waals surface area contributed by atoms with Crippen molar-refractivity contribution in [2.45, 2.75) is 0 Å². The summed E-state index contributed by atoms with van der Waals surface area (Å²) in [4.78, 5) is 23.4. The number of allylic oxidation sites excluding steroid dienone is 2. The number of hydrogen-bond acceptors (Lipinski definition) is 3. The number of rotatable bonds is 1. The fourth-order valence-electron chi connectivity index (χ4n) is 1.52. The minimum absolute atomic E-state index is 0.185. The normalized spacial score (nSPS) is 14.7. The molecule has 0 saturated carbocycles.